The highest BCUT2D eigenvalue weighted by atomic mass is 32.2. The summed E-state index contributed by atoms with van der Waals surface area (Å²) in [6.45, 7) is 0. The maximum absolute atomic E-state index is 11.2. The number of carbonyl (C=O) groups is 1. The highest BCUT2D eigenvalue weighted by molar-refractivity contribution is 7.91. The molecule has 0 aliphatic heterocycles. The molecule has 0 aromatic carbocycles. The Kier molecular flexibility index (Phi) is 3.05. The van der Waals surface area contributed by atoms with Crippen LogP contribution in [0.25, 0.3) is 0 Å². The van der Waals surface area contributed by atoms with Crippen LogP contribution in [0.2, 0.25) is 0 Å². The molecule has 0 radical (unpaired) electrons. The maximum atomic E-state index is 11.2. The van der Waals surface area contributed by atoms with E-state index in [1.54, 1.807) is 6.07 Å². The largest absolute Gasteiger partial charge is 0.480 e. The van der Waals surface area contributed by atoms with Crippen LogP contribution < -0.4 is 0 Å². The molecular weight excluding hydrogens is 218 g/mol. The highest BCUT2D eigenvalue weighted by Gasteiger charge is 2.44. The summed E-state index contributed by atoms with van der Waals surface area (Å²) in [4.78, 5) is 10.9. The van der Waals surface area contributed by atoms with Gasteiger partial charge >= 0.3 is 5.97 Å². The van der Waals surface area contributed by atoms with Crippen LogP contribution in [0.5, 0.6) is 0 Å². The Bertz CT molecular complexity index is 398. The van der Waals surface area contributed by atoms with Gasteiger partial charge in [0.2, 0.25) is 0 Å². The smallest absolute Gasteiger partial charge is 0.324 e. The van der Waals surface area contributed by atoms with Crippen molar-refractivity contribution in [2.45, 2.75) is 30.9 Å². The summed E-state index contributed by atoms with van der Waals surface area (Å²) in [5.74, 6) is -1.14. The fraction of sp³-hybridized carbons (Fsp3) is 0.778. The molecule has 0 atom stereocenters. The van der Waals surface area contributed by atoms with Gasteiger partial charge in [0, 0.05) is 6.26 Å². The molecule has 84 valence electrons. The van der Waals surface area contributed by atoms with Crippen molar-refractivity contribution in [3.63, 3.8) is 0 Å². The molecule has 0 aromatic rings. The Labute approximate surface area is 88.6 Å². The van der Waals surface area contributed by atoms with Crippen molar-refractivity contribution in [1.29, 1.82) is 5.26 Å². The zero-order valence-electron chi connectivity index (χ0n) is 8.43. The molecule has 1 N–H and O–H groups in total. The van der Waals surface area contributed by atoms with E-state index in [4.69, 9.17) is 10.4 Å². The molecule has 5 nitrogen and oxygen atoms in total. The predicted octanol–water partition coefficient (Wildman–Crippen LogP) is 0.568. The van der Waals surface area contributed by atoms with Crippen molar-refractivity contribution in [2.75, 3.05) is 6.26 Å². The number of rotatable bonds is 2. The molecule has 0 amide bonds. The lowest BCUT2D eigenvalue weighted by Gasteiger charge is -2.30. The minimum Gasteiger partial charge on any atom is -0.480 e. The summed E-state index contributed by atoms with van der Waals surface area (Å²) in [7, 11) is -3.11. The first-order valence-electron chi connectivity index (χ1n) is 4.65. The first-order chi connectivity index (χ1) is 6.82. The number of sulfone groups is 1. The third-order valence-corrected chi connectivity index (χ3v) is 4.70. The van der Waals surface area contributed by atoms with Gasteiger partial charge in [-0.25, -0.2) is 8.42 Å². The molecule has 1 aliphatic carbocycles. The van der Waals surface area contributed by atoms with E-state index in [0.717, 1.165) is 6.26 Å². The lowest BCUT2D eigenvalue weighted by atomic mass is 9.75. The summed E-state index contributed by atoms with van der Waals surface area (Å²) < 4.78 is 22.5. The van der Waals surface area contributed by atoms with E-state index in [1.807, 2.05) is 0 Å². The maximum Gasteiger partial charge on any atom is 0.324 e. The molecule has 0 unspecified atom stereocenters. The second-order valence-corrected chi connectivity index (χ2v) is 6.35. The second kappa shape index (κ2) is 3.81. The minimum atomic E-state index is -3.11. The van der Waals surface area contributed by atoms with Crippen LogP contribution in [0.3, 0.4) is 0 Å². The third-order valence-electron chi connectivity index (χ3n) is 3.02. The summed E-state index contributed by atoms with van der Waals surface area (Å²) in [6, 6.07) is 1.79. The topological polar surface area (TPSA) is 95.2 Å². The van der Waals surface area contributed by atoms with Crippen molar-refractivity contribution in [3.05, 3.63) is 0 Å². The minimum absolute atomic E-state index is 0.122. The van der Waals surface area contributed by atoms with Crippen LogP contribution in [-0.2, 0) is 14.6 Å². The van der Waals surface area contributed by atoms with Crippen molar-refractivity contribution in [2.24, 2.45) is 5.41 Å². The average Bonchev–Trinajstić information content (AvgIpc) is 2.16. The first-order valence-corrected chi connectivity index (χ1v) is 6.61. The summed E-state index contributed by atoms with van der Waals surface area (Å²) in [5, 5.41) is 17.2. The van der Waals surface area contributed by atoms with Crippen LogP contribution in [0.1, 0.15) is 25.7 Å². The predicted molar refractivity (Wildman–Crippen MR) is 52.8 cm³/mol. The number of carboxylic acid groups (broad SMARTS) is 1. The van der Waals surface area contributed by atoms with Gasteiger partial charge < -0.3 is 5.11 Å². The van der Waals surface area contributed by atoms with Crippen molar-refractivity contribution in [3.8, 4) is 6.07 Å². The molecule has 6 heteroatoms. The van der Waals surface area contributed by atoms with Crippen molar-refractivity contribution >= 4 is 15.8 Å². The third kappa shape index (κ3) is 2.29. The number of hydrogen-bond acceptors (Lipinski definition) is 4. The van der Waals surface area contributed by atoms with Gasteiger partial charge in [0.15, 0.2) is 5.41 Å². The Morgan fingerprint density at radius 2 is 1.93 bits per heavy atom. The molecule has 0 saturated heterocycles. The molecule has 15 heavy (non-hydrogen) atoms. The molecule has 0 bridgehead atoms. The van der Waals surface area contributed by atoms with E-state index in [9.17, 15) is 13.2 Å². The molecule has 1 aliphatic rings. The molecule has 1 saturated carbocycles. The second-order valence-electron chi connectivity index (χ2n) is 4.03. The van der Waals surface area contributed by atoms with Crippen LogP contribution in [-0.4, -0.2) is 31.0 Å². The first kappa shape index (κ1) is 12.0. The summed E-state index contributed by atoms with van der Waals surface area (Å²) in [5.41, 5.74) is -1.37. The summed E-state index contributed by atoms with van der Waals surface area (Å²) in [6.07, 6.45) is 1.92. The molecule has 1 fully saturated rings. The number of aliphatic carboxylic acids is 1. The van der Waals surface area contributed by atoms with E-state index in [0.29, 0.717) is 0 Å². The fourth-order valence-corrected chi connectivity index (χ4v) is 2.98. The number of nitrogens with zero attached hydrogens (tertiary/aromatic N) is 1. The Morgan fingerprint density at radius 1 is 1.47 bits per heavy atom. The molecule has 0 spiro atoms. The van der Waals surface area contributed by atoms with E-state index >= 15 is 0 Å². The van der Waals surface area contributed by atoms with E-state index in [-0.39, 0.29) is 25.7 Å². The van der Waals surface area contributed by atoms with E-state index in [2.05, 4.69) is 0 Å². The number of carboxylic acids is 1. The van der Waals surface area contributed by atoms with Gasteiger partial charge in [-0.1, -0.05) is 0 Å². The normalized spacial score (nSPS) is 31.9. The van der Waals surface area contributed by atoms with Gasteiger partial charge in [-0.2, -0.15) is 5.26 Å². The van der Waals surface area contributed by atoms with Gasteiger partial charge in [-0.3, -0.25) is 4.79 Å². The van der Waals surface area contributed by atoms with Gasteiger partial charge in [0.25, 0.3) is 0 Å². The lowest BCUT2D eigenvalue weighted by Crippen LogP contribution is -2.37. The highest BCUT2D eigenvalue weighted by Crippen LogP contribution is 2.38. The van der Waals surface area contributed by atoms with Gasteiger partial charge in [-0.05, 0) is 25.7 Å². The summed E-state index contributed by atoms with van der Waals surface area (Å²) >= 11 is 0. The van der Waals surface area contributed by atoms with Gasteiger partial charge in [-0.15, -0.1) is 0 Å². The van der Waals surface area contributed by atoms with Gasteiger partial charge in [0.1, 0.15) is 9.84 Å². The quantitative estimate of drug-likeness (QED) is 0.749. The standard InChI is InChI=1S/C9H13NO4S/c1-15(13,14)7-2-4-9(6-10,5-3-7)8(11)12/h7H,2-5H2,1H3,(H,11,12). The Balaban J connectivity index is 2.80. The van der Waals surface area contributed by atoms with Crippen LogP contribution in [0.4, 0.5) is 0 Å². The number of hydrogen-bond donors (Lipinski definition) is 1. The SMILES string of the molecule is CS(=O)(=O)C1CCC(C#N)(C(=O)O)CC1. The average molecular weight is 231 g/mol. The van der Waals surface area contributed by atoms with Crippen LogP contribution in [0.15, 0.2) is 0 Å². The van der Waals surface area contributed by atoms with Crippen LogP contribution >= 0.6 is 0 Å². The van der Waals surface area contributed by atoms with Crippen LogP contribution in [0, 0.1) is 16.7 Å². The molecule has 0 heterocycles. The molecular formula is C9H13NO4S. The Hall–Kier alpha value is -1.09. The van der Waals surface area contributed by atoms with Crippen molar-refractivity contribution in [1.82, 2.24) is 0 Å². The number of nitriles is 1. The monoisotopic (exact) mass is 231 g/mol. The van der Waals surface area contributed by atoms with E-state index < -0.39 is 26.5 Å². The van der Waals surface area contributed by atoms with E-state index in [1.165, 1.54) is 0 Å². The zero-order chi connectivity index (χ0) is 11.7. The zero-order valence-corrected chi connectivity index (χ0v) is 9.25. The fourth-order valence-electron chi connectivity index (χ4n) is 1.89. The molecule has 0 aromatic heterocycles. The van der Waals surface area contributed by atoms with Crippen molar-refractivity contribution < 1.29 is 18.3 Å². The molecule has 1 rings (SSSR count). The Morgan fingerprint density at radius 3 is 2.20 bits per heavy atom. The lowest BCUT2D eigenvalue weighted by molar-refractivity contribution is -0.147. The van der Waals surface area contributed by atoms with Gasteiger partial charge in [0.05, 0.1) is 11.3 Å².